The number of hydrogen-bond donors (Lipinski definition) is 3. The molecule has 1 aromatic carbocycles. The molecule has 3 fully saturated rings. The van der Waals surface area contributed by atoms with Gasteiger partial charge in [0.05, 0.1) is 0 Å². The monoisotopic (exact) mass is 368 g/mol. The van der Waals surface area contributed by atoms with Gasteiger partial charge in [-0.25, -0.2) is 0 Å². The van der Waals surface area contributed by atoms with Crippen molar-refractivity contribution < 1.29 is 14.4 Å². The molecule has 1 spiro atoms. The van der Waals surface area contributed by atoms with E-state index in [2.05, 4.69) is 16.0 Å². The number of imide groups is 1. The van der Waals surface area contributed by atoms with E-state index < -0.39 is 6.04 Å². The zero-order valence-corrected chi connectivity index (χ0v) is 15.2. The Kier molecular flexibility index (Phi) is 3.84. The van der Waals surface area contributed by atoms with E-state index in [9.17, 15) is 14.4 Å². The summed E-state index contributed by atoms with van der Waals surface area (Å²) in [4.78, 5) is 38.3. The van der Waals surface area contributed by atoms with Crippen molar-refractivity contribution in [2.45, 2.75) is 50.9 Å². The van der Waals surface area contributed by atoms with Crippen molar-refractivity contribution in [2.24, 2.45) is 5.41 Å². The predicted octanol–water partition coefficient (Wildman–Crippen LogP) is 0.289. The molecule has 27 heavy (non-hydrogen) atoms. The van der Waals surface area contributed by atoms with Crippen LogP contribution in [0.15, 0.2) is 18.2 Å². The molecule has 142 valence electrons. The van der Waals surface area contributed by atoms with Gasteiger partial charge in [-0.2, -0.15) is 0 Å². The van der Waals surface area contributed by atoms with E-state index in [0.717, 1.165) is 29.8 Å². The molecule has 3 N–H and O–H groups in total. The normalized spacial score (nSPS) is 28.6. The van der Waals surface area contributed by atoms with E-state index in [1.807, 2.05) is 18.2 Å². The first-order valence-electron chi connectivity index (χ1n) is 9.77. The van der Waals surface area contributed by atoms with Gasteiger partial charge >= 0.3 is 0 Å². The quantitative estimate of drug-likeness (QED) is 0.665. The fraction of sp³-hybridized carbons (Fsp3) is 0.550. The van der Waals surface area contributed by atoms with E-state index in [1.165, 1.54) is 12.8 Å². The van der Waals surface area contributed by atoms with Crippen molar-refractivity contribution in [1.82, 2.24) is 20.9 Å². The second-order valence-corrected chi connectivity index (χ2v) is 8.29. The molecule has 4 aliphatic rings. The third kappa shape index (κ3) is 2.60. The smallest absolute Gasteiger partial charge is 0.255 e. The summed E-state index contributed by atoms with van der Waals surface area (Å²) < 4.78 is 0. The van der Waals surface area contributed by atoms with Crippen molar-refractivity contribution >= 4 is 17.7 Å². The van der Waals surface area contributed by atoms with Crippen molar-refractivity contribution in [3.63, 3.8) is 0 Å². The molecule has 0 radical (unpaired) electrons. The molecule has 2 atom stereocenters. The summed E-state index contributed by atoms with van der Waals surface area (Å²) >= 11 is 0. The van der Waals surface area contributed by atoms with Gasteiger partial charge in [0, 0.05) is 49.6 Å². The highest BCUT2D eigenvalue weighted by Crippen LogP contribution is 2.44. The van der Waals surface area contributed by atoms with Gasteiger partial charge in [0.25, 0.3) is 5.91 Å². The van der Waals surface area contributed by atoms with Crippen LogP contribution >= 0.6 is 0 Å². The predicted molar refractivity (Wildman–Crippen MR) is 97.7 cm³/mol. The van der Waals surface area contributed by atoms with E-state index in [1.54, 1.807) is 4.90 Å². The molecular weight excluding hydrogens is 344 g/mol. The van der Waals surface area contributed by atoms with Gasteiger partial charge in [0.2, 0.25) is 11.8 Å². The van der Waals surface area contributed by atoms with Crippen LogP contribution in [0, 0.1) is 5.41 Å². The van der Waals surface area contributed by atoms with Crippen molar-refractivity contribution in [3.05, 3.63) is 34.9 Å². The highest BCUT2D eigenvalue weighted by Gasteiger charge is 2.50. The van der Waals surface area contributed by atoms with Gasteiger partial charge in [0.15, 0.2) is 0 Å². The molecule has 7 nitrogen and oxygen atoms in total. The van der Waals surface area contributed by atoms with E-state index >= 15 is 0 Å². The molecular formula is C20H24N4O3. The molecule has 1 aliphatic carbocycles. The Bertz CT molecular complexity index is 827. The molecule has 0 aromatic heterocycles. The Balaban J connectivity index is 1.32. The first-order valence-corrected chi connectivity index (χ1v) is 9.77. The first kappa shape index (κ1) is 16.9. The number of fused-ring (bicyclic) bond motifs is 1. The summed E-state index contributed by atoms with van der Waals surface area (Å²) in [6.07, 6.45) is 3.14. The summed E-state index contributed by atoms with van der Waals surface area (Å²) in [7, 11) is 0. The van der Waals surface area contributed by atoms with Crippen LogP contribution in [0.25, 0.3) is 0 Å². The molecule has 0 bridgehead atoms. The topological polar surface area (TPSA) is 90.5 Å². The van der Waals surface area contributed by atoms with E-state index in [-0.39, 0.29) is 24.1 Å². The number of piperidine rings is 1. The van der Waals surface area contributed by atoms with Gasteiger partial charge in [0.1, 0.15) is 6.04 Å². The minimum atomic E-state index is -0.556. The zero-order chi connectivity index (χ0) is 18.6. The molecule has 1 aromatic rings. The Morgan fingerprint density at radius 1 is 1.19 bits per heavy atom. The van der Waals surface area contributed by atoms with Crippen LogP contribution < -0.4 is 16.0 Å². The highest BCUT2D eigenvalue weighted by molar-refractivity contribution is 6.05. The largest absolute Gasteiger partial charge is 0.322 e. The lowest BCUT2D eigenvalue weighted by molar-refractivity contribution is -0.136. The fourth-order valence-electron chi connectivity index (χ4n) is 4.96. The molecule has 1 saturated carbocycles. The Morgan fingerprint density at radius 3 is 2.70 bits per heavy atom. The number of carbonyl (C=O) groups is 3. The van der Waals surface area contributed by atoms with Crippen LogP contribution in [-0.4, -0.2) is 47.8 Å². The molecule has 3 amide bonds. The van der Waals surface area contributed by atoms with Crippen molar-refractivity contribution in [1.29, 1.82) is 0 Å². The number of carbonyl (C=O) groups excluding carboxylic acids is 3. The zero-order valence-electron chi connectivity index (χ0n) is 15.2. The first-order chi connectivity index (χ1) is 13.1. The lowest BCUT2D eigenvalue weighted by Gasteiger charge is -2.56. The summed E-state index contributed by atoms with van der Waals surface area (Å²) in [5, 5.41) is 9.38. The van der Waals surface area contributed by atoms with Crippen molar-refractivity contribution in [3.8, 4) is 0 Å². The summed E-state index contributed by atoms with van der Waals surface area (Å²) in [5.74, 6) is -0.711. The minimum Gasteiger partial charge on any atom is -0.322 e. The van der Waals surface area contributed by atoms with E-state index in [4.69, 9.17) is 0 Å². The SMILES string of the molecule is O=C1CCC(N2Cc3cccc(CNC4CCC45CNC5)c3C2=O)C(=O)N1. The summed E-state index contributed by atoms with van der Waals surface area (Å²) in [6.45, 7) is 3.27. The lowest BCUT2D eigenvalue weighted by atomic mass is 9.60. The average molecular weight is 368 g/mol. The van der Waals surface area contributed by atoms with Crippen LogP contribution in [0.2, 0.25) is 0 Å². The van der Waals surface area contributed by atoms with Gasteiger partial charge in [-0.05, 0) is 30.4 Å². The molecule has 7 heteroatoms. The van der Waals surface area contributed by atoms with Gasteiger partial charge in [-0.15, -0.1) is 0 Å². The van der Waals surface area contributed by atoms with Crippen LogP contribution in [-0.2, 0) is 22.7 Å². The molecule has 3 aliphatic heterocycles. The Morgan fingerprint density at radius 2 is 2.04 bits per heavy atom. The highest BCUT2D eigenvalue weighted by atomic mass is 16.2. The standard InChI is InChI=1S/C20H24N4O3/c25-16-5-4-14(18(26)23-16)24-9-13-3-1-2-12(17(13)19(24)27)8-22-15-6-7-20(15)10-21-11-20/h1-3,14-15,21-22H,4-11H2,(H,23,25,26). The van der Waals surface area contributed by atoms with Crippen LogP contribution in [0.3, 0.4) is 0 Å². The number of rotatable bonds is 4. The third-order valence-corrected chi connectivity index (χ3v) is 6.80. The van der Waals surface area contributed by atoms with Crippen LogP contribution in [0.1, 0.15) is 47.2 Å². The van der Waals surface area contributed by atoms with Crippen LogP contribution in [0.5, 0.6) is 0 Å². The fourth-order valence-corrected chi connectivity index (χ4v) is 4.96. The summed E-state index contributed by atoms with van der Waals surface area (Å²) in [5.41, 5.74) is 3.12. The second-order valence-electron chi connectivity index (χ2n) is 8.29. The summed E-state index contributed by atoms with van der Waals surface area (Å²) in [6, 6.07) is 5.90. The molecule has 3 heterocycles. The molecule has 2 saturated heterocycles. The maximum absolute atomic E-state index is 13.1. The third-order valence-electron chi connectivity index (χ3n) is 6.80. The Hall–Kier alpha value is -2.25. The number of nitrogens with zero attached hydrogens (tertiary/aromatic N) is 1. The van der Waals surface area contributed by atoms with Gasteiger partial charge in [-0.1, -0.05) is 18.2 Å². The second kappa shape index (κ2) is 6.14. The number of hydrogen-bond acceptors (Lipinski definition) is 5. The minimum absolute atomic E-state index is 0.0921. The number of nitrogens with one attached hydrogen (secondary N) is 3. The number of benzene rings is 1. The molecule has 2 unspecified atom stereocenters. The molecule has 5 rings (SSSR count). The van der Waals surface area contributed by atoms with Crippen molar-refractivity contribution in [2.75, 3.05) is 13.1 Å². The van der Waals surface area contributed by atoms with E-state index in [0.29, 0.717) is 31.0 Å². The number of amides is 3. The average Bonchev–Trinajstić information content (AvgIpc) is 2.90. The maximum atomic E-state index is 13.1. The Labute approximate surface area is 157 Å². The maximum Gasteiger partial charge on any atom is 0.255 e. The lowest BCUT2D eigenvalue weighted by Crippen LogP contribution is -2.68. The van der Waals surface area contributed by atoms with Crippen LogP contribution in [0.4, 0.5) is 0 Å². The van der Waals surface area contributed by atoms with Gasteiger partial charge < -0.3 is 15.5 Å². The van der Waals surface area contributed by atoms with Gasteiger partial charge in [-0.3, -0.25) is 19.7 Å².